The van der Waals surface area contributed by atoms with E-state index in [0.717, 1.165) is 24.8 Å². The maximum absolute atomic E-state index is 12.0. The largest absolute Gasteiger partial charge is 1.00 e. The number of ether oxygens (including phenoxy) is 1. The second kappa shape index (κ2) is 11.1. The Morgan fingerprint density at radius 1 is 1.32 bits per heavy atom. The SMILES string of the molecule is C=C1CCC2[C@](C)(CO)[C@H](O)CC[C@]2(C)[C@@H]1C/C=C1/C(=O)OCC1OP(=O)([O-])[O-].[Na+].[Na+]. The molecule has 1 aliphatic heterocycles. The van der Waals surface area contributed by atoms with Gasteiger partial charge in [0.05, 0.1) is 26.1 Å². The summed E-state index contributed by atoms with van der Waals surface area (Å²) in [6.07, 6.45) is 3.09. The fraction of sp³-hybridized carbons (Fsp3) is 0.750. The molecule has 0 spiro atoms. The van der Waals surface area contributed by atoms with E-state index in [1.807, 2.05) is 6.92 Å². The van der Waals surface area contributed by atoms with Crippen LogP contribution in [0.4, 0.5) is 0 Å². The van der Waals surface area contributed by atoms with Gasteiger partial charge in [0.25, 0.3) is 0 Å². The number of carbonyl (C=O) groups is 1. The number of allylic oxidation sites excluding steroid dienone is 2. The van der Waals surface area contributed by atoms with Crippen molar-refractivity contribution in [1.29, 1.82) is 0 Å². The average molecular weight is 474 g/mol. The van der Waals surface area contributed by atoms with Gasteiger partial charge in [0.2, 0.25) is 0 Å². The second-order valence-corrected chi connectivity index (χ2v) is 10.2. The second-order valence-electron chi connectivity index (χ2n) is 9.06. The topological polar surface area (TPSA) is 139 Å². The van der Waals surface area contributed by atoms with Crippen LogP contribution in [-0.2, 0) is 18.6 Å². The van der Waals surface area contributed by atoms with Crippen molar-refractivity contribution in [3.63, 3.8) is 0 Å². The van der Waals surface area contributed by atoms with Crippen LogP contribution in [0.1, 0.15) is 46.0 Å². The molecule has 2 aliphatic carbocycles. The van der Waals surface area contributed by atoms with Gasteiger partial charge in [-0.15, -0.1) is 0 Å². The van der Waals surface area contributed by atoms with Crippen molar-refractivity contribution in [2.45, 2.75) is 58.2 Å². The van der Waals surface area contributed by atoms with Gasteiger partial charge in [-0.1, -0.05) is 32.1 Å². The van der Waals surface area contributed by atoms with Crippen molar-refractivity contribution < 1.29 is 97.7 Å². The molecule has 0 aromatic rings. The Hall–Kier alpha value is 0.980. The van der Waals surface area contributed by atoms with Crippen molar-refractivity contribution >= 4 is 13.8 Å². The summed E-state index contributed by atoms with van der Waals surface area (Å²) in [4.78, 5) is 34.0. The summed E-state index contributed by atoms with van der Waals surface area (Å²) < 4.78 is 20.3. The summed E-state index contributed by atoms with van der Waals surface area (Å²) in [5.41, 5.74) is 0.207. The third-order valence-corrected chi connectivity index (χ3v) is 7.98. The zero-order chi connectivity index (χ0) is 21.6. The number of hydrogen-bond acceptors (Lipinski definition) is 8. The molecular formula is C20H29Na2O8P. The minimum absolute atomic E-state index is 0. The summed E-state index contributed by atoms with van der Waals surface area (Å²) in [5, 5.41) is 20.6. The van der Waals surface area contributed by atoms with Crippen LogP contribution in [0.2, 0.25) is 0 Å². The minimum atomic E-state index is -5.26. The summed E-state index contributed by atoms with van der Waals surface area (Å²) in [6, 6.07) is 0. The maximum Gasteiger partial charge on any atom is 1.00 e. The number of carbonyl (C=O) groups excluding carboxylic acids is 1. The zero-order valence-corrected chi connectivity index (χ0v) is 23.7. The number of hydrogen-bond donors (Lipinski definition) is 2. The third kappa shape index (κ3) is 5.98. The molecule has 2 saturated carbocycles. The molecule has 0 aromatic heterocycles. The molecule has 3 fully saturated rings. The Morgan fingerprint density at radius 3 is 2.55 bits per heavy atom. The van der Waals surface area contributed by atoms with Crippen LogP contribution in [-0.4, -0.2) is 41.6 Å². The number of cyclic esters (lactones) is 1. The van der Waals surface area contributed by atoms with Crippen LogP contribution >= 0.6 is 7.82 Å². The normalized spacial score (nSPS) is 39.4. The van der Waals surface area contributed by atoms with E-state index in [0.29, 0.717) is 12.8 Å². The molecule has 8 nitrogen and oxygen atoms in total. The molecule has 0 radical (unpaired) electrons. The third-order valence-electron chi connectivity index (χ3n) is 7.47. The van der Waals surface area contributed by atoms with Crippen molar-refractivity contribution in [2.75, 3.05) is 13.2 Å². The Bertz CT molecular complexity index is 768. The van der Waals surface area contributed by atoms with E-state index in [-0.39, 0.29) is 95.2 Å². The van der Waals surface area contributed by atoms with Crippen molar-refractivity contribution in [1.82, 2.24) is 0 Å². The van der Waals surface area contributed by atoms with Gasteiger partial charge >= 0.3 is 65.1 Å². The van der Waals surface area contributed by atoms with Gasteiger partial charge in [0.1, 0.15) is 12.7 Å². The maximum atomic E-state index is 12.0. The first kappa shape index (κ1) is 30.0. The zero-order valence-electron chi connectivity index (χ0n) is 18.8. The molecule has 2 unspecified atom stereocenters. The Balaban J connectivity index is 0.00000240. The first-order valence-electron chi connectivity index (χ1n) is 9.96. The van der Waals surface area contributed by atoms with E-state index in [2.05, 4.69) is 18.0 Å². The van der Waals surface area contributed by atoms with Crippen LogP contribution < -0.4 is 68.9 Å². The van der Waals surface area contributed by atoms with Gasteiger partial charge in [0.15, 0.2) is 0 Å². The molecule has 1 heterocycles. The summed E-state index contributed by atoms with van der Waals surface area (Å²) in [5.74, 6) is -0.637. The predicted octanol–water partition coefficient (Wildman–Crippen LogP) is -5.18. The van der Waals surface area contributed by atoms with E-state index in [9.17, 15) is 29.4 Å². The molecule has 3 rings (SSSR count). The van der Waals surface area contributed by atoms with Crippen LogP contribution in [0.25, 0.3) is 0 Å². The van der Waals surface area contributed by atoms with Crippen LogP contribution in [0.5, 0.6) is 0 Å². The first-order chi connectivity index (χ1) is 13.4. The molecule has 1 saturated heterocycles. The van der Waals surface area contributed by atoms with Gasteiger partial charge in [0, 0.05) is 5.41 Å². The van der Waals surface area contributed by atoms with Crippen molar-refractivity contribution in [3.8, 4) is 0 Å². The molecule has 11 heteroatoms. The Kier molecular flexibility index (Phi) is 10.8. The number of aliphatic hydroxyl groups is 2. The number of phosphoric acid groups is 1. The molecule has 3 aliphatic rings. The monoisotopic (exact) mass is 474 g/mol. The van der Waals surface area contributed by atoms with E-state index in [4.69, 9.17) is 4.74 Å². The standard InChI is InChI=1S/C20H31O8P.2Na/c1-12-4-7-16-19(2,9-8-17(22)20(16,3)11-21)14(12)6-5-13-15(10-27-18(13)23)28-29(24,25)26;;/h5,14-17,21-22H,1,4,6-11H2,2-3H3,(H2,24,25,26);;/q;2*+1/p-2/b13-5+;;/t14-,15?,16?,17-,19-,20+;;/m1../s1. The minimum Gasteiger partial charge on any atom is -0.790 e. The van der Waals surface area contributed by atoms with Crippen LogP contribution in [0.3, 0.4) is 0 Å². The van der Waals surface area contributed by atoms with E-state index >= 15 is 0 Å². The predicted molar refractivity (Wildman–Crippen MR) is 100 cm³/mol. The van der Waals surface area contributed by atoms with Crippen molar-refractivity contribution in [3.05, 3.63) is 23.8 Å². The number of fused-ring (bicyclic) bond motifs is 1. The van der Waals surface area contributed by atoms with Crippen LogP contribution in [0.15, 0.2) is 23.8 Å². The Morgan fingerprint density at radius 2 is 1.97 bits per heavy atom. The van der Waals surface area contributed by atoms with E-state index in [1.165, 1.54) is 0 Å². The van der Waals surface area contributed by atoms with Gasteiger partial charge in [-0.05, 0) is 49.4 Å². The molecule has 0 amide bonds. The number of rotatable bonds is 5. The average Bonchev–Trinajstić information content (AvgIpc) is 2.96. The summed E-state index contributed by atoms with van der Waals surface area (Å²) in [7, 11) is -5.26. The molecule has 164 valence electrons. The van der Waals surface area contributed by atoms with Gasteiger partial charge in [-0.3, -0.25) is 0 Å². The number of esters is 1. The summed E-state index contributed by atoms with van der Waals surface area (Å²) in [6.45, 7) is 7.86. The smallest absolute Gasteiger partial charge is 0.790 e. The molecular weight excluding hydrogens is 445 g/mol. The van der Waals surface area contributed by atoms with Gasteiger partial charge in [-0.25, -0.2) is 4.79 Å². The summed E-state index contributed by atoms with van der Waals surface area (Å²) >= 11 is 0. The molecule has 6 atom stereocenters. The fourth-order valence-corrected chi connectivity index (χ4v) is 6.28. The molecule has 2 N–H and O–H groups in total. The molecule has 0 aromatic carbocycles. The van der Waals surface area contributed by atoms with Gasteiger partial charge in [-0.2, -0.15) is 0 Å². The Labute approximate surface area is 227 Å². The van der Waals surface area contributed by atoms with Crippen molar-refractivity contribution in [2.24, 2.45) is 22.7 Å². The van der Waals surface area contributed by atoms with Crippen LogP contribution in [0, 0.1) is 22.7 Å². The number of aliphatic hydroxyl groups excluding tert-OH is 2. The number of phosphoric ester groups is 1. The van der Waals surface area contributed by atoms with E-state index in [1.54, 1.807) is 6.08 Å². The first-order valence-corrected chi connectivity index (χ1v) is 11.4. The molecule has 31 heavy (non-hydrogen) atoms. The van der Waals surface area contributed by atoms with Gasteiger partial charge < -0.3 is 33.8 Å². The molecule has 0 bridgehead atoms. The van der Waals surface area contributed by atoms with E-state index < -0.39 is 31.4 Å². The fourth-order valence-electron chi connectivity index (χ4n) is 5.79. The quantitative estimate of drug-likeness (QED) is 0.133.